The lowest BCUT2D eigenvalue weighted by atomic mass is 9.99. The molecule has 98 valence electrons. The van der Waals surface area contributed by atoms with Crippen LogP contribution >= 0.6 is 23.9 Å². The maximum Gasteiger partial charge on any atom is 0.0334 e. The molecule has 0 aromatic heterocycles. The fourth-order valence-corrected chi connectivity index (χ4v) is 3.01. The molecule has 0 aromatic carbocycles. The van der Waals surface area contributed by atoms with Crippen LogP contribution in [0.1, 0.15) is 52.4 Å². The van der Waals surface area contributed by atoms with E-state index in [9.17, 15) is 0 Å². The Hall–Kier alpha value is 0.620. The first-order valence-electron chi connectivity index (χ1n) is 6.37. The lowest BCUT2D eigenvalue weighted by molar-refractivity contribution is 0.409. The van der Waals surface area contributed by atoms with Gasteiger partial charge in [-0.15, -0.1) is 0 Å². The molecule has 0 spiro atoms. The summed E-state index contributed by atoms with van der Waals surface area (Å²) in [5, 5.41) is 0. The van der Waals surface area contributed by atoms with Crippen LogP contribution in [0.15, 0.2) is 0 Å². The van der Waals surface area contributed by atoms with Crippen LogP contribution in [-0.2, 0) is 0 Å². The molecule has 16 heavy (non-hydrogen) atoms. The Balaban J connectivity index is 4.14. The summed E-state index contributed by atoms with van der Waals surface area (Å²) in [6.45, 7) is 4.53. The smallest absolute Gasteiger partial charge is 0.0334 e. The lowest BCUT2D eigenvalue weighted by Crippen LogP contribution is -2.43. The number of rotatable bonds is 11. The summed E-state index contributed by atoms with van der Waals surface area (Å²) >= 11 is 3.50. The molecular weight excluding hydrogens is 236 g/mol. The molecule has 2 atom stereocenters. The predicted octanol–water partition coefficient (Wildman–Crippen LogP) is 3.84. The fraction of sp³-hybridized carbons (Fsp3) is 1.00. The van der Waals surface area contributed by atoms with Crippen LogP contribution in [0.25, 0.3) is 0 Å². The van der Waals surface area contributed by atoms with Gasteiger partial charge >= 0.3 is 0 Å². The molecule has 0 aliphatic heterocycles. The van der Waals surface area contributed by atoms with E-state index in [1.807, 2.05) is 0 Å². The van der Waals surface area contributed by atoms with Gasteiger partial charge in [0.15, 0.2) is 0 Å². The molecule has 0 aliphatic rings. The summed E-state index contributed by atoms with van der Waals surface area (Å²) < 4.78 is 7.10. The van der Waals surface area contributed by atoms with Crippen molar-refractivity contribution in [1.82, 2.24) is 9.44 Å². The Morgan fingerprint density at radius 1 is 0.812 bits per heavy atom. The van der Waals surface area contributed by atoms with E-state index in [1.54, 1.807) is 23.9 Å². The Bertz CT molecular complexity index is 129. The van der Waals surface area contributed by atoms with Crippen LogP contribution < -0.4 is 9.44 Å². The third-order valence-electron chi connectivity index (χ3n) is 2.76. The van der Waals surface area contributed by atoms with Gasteiger partial charge in [0.1, 0.15) is 0 Å². The summed E-state index contributed by atoms with van der Waals surface area (Å²) in [5.74, 6) is 0. The van der Waals surface area contributed by atoms with Crippen molar-refractivity contribution >= 4 is 23.9 Å². The third-order valence-corrected chi connectivity index (χ3v) is 3.84. The highest BCUT2D eigenvalue weighted by Gasteiger charge is 2.19. The van der Waals surface area contributed by atoms with E-state index in [0.717, 1.165) is 0 Å². The number of hydrogen-bond acceptors (Lipinski definition) is 4. The monoisotopic (exact) mass is 264 g/mol. The molecule has 0 fully saturated rings. The zero-order chi connectivity index (χ0) is 12.2. The number of unbranched alkanes of at least 4 members (excludes halogenated alkanes) is 2. The van der Waals surface area contributed by atoms with Crippen LogP contribution in [-0.4, -0.2) is 24.6 Å². The predicted molar refractivity (Wildman–Crippen MR) is 79.9 cm³/mol. The molecule has 0 rings (SSSR count). The standard InChI is InChI=1S/C12H28N2S2/c1-5-7-9-11(13-15-3)12(14-16-4)10-8-6-2/h11-14H,5-10H2,1-4H3. The summed E-state index contributed by atoms with van der Waals surface area (Å²) in [6.07, 6.45) is 12.0. The maximum atomic E-state index is 3.55. The van der Waals surface area contributed by atoms with Crippen molar-refractivity contribution in [2.45, 2.75) is 64.5 Å². The first-order valence-corrected chi connectivity index (χ1v) is 8.82. The molecule has 0 aliphatic carbocycles. The van der Waals surface area contributed by atoms with Gasteiger partial charge in [-0.3, -0.25) is 9.44 Å². The van der Waals surface area contributed by atoms with Crippen molar-refractivity contribution in [3.63, 3.8) is 0 Å². The maximum absolute atomic E-state index is 3.55. The van der Waals surface area contributed by atoms with Crippen LogP contribution in [0.2, 0.25) is 0 Å². The number of nitrogens with one attached hydrogen (secondary N) is 2. The molecule has 0 aromatic rings. The average molecular weight is 265 g/mol. The SMILES string of the molecule is CCCCC(NSC)C(CCCC)NSC. The van der Waals surface area contributed by atoms with Crippen molar-refractivity contribution in [3.8, 4) is 0 Å². The topological polar surface area (TPSA) is 24.1 Å². The minimum absolute atomic E-state index is 0.606. The summed E-state index contributed by atoms with van der Waals surface area (Å²) in [4.78, 5) is 0. The molecule has 0 saturated heterocycles. The Morgan fingerprint density at radius 2 is 1.19 bits per heavy atom. The van der Waals surface area contributed by atoms with Crippen molar-refractivity contribution in [3.05, 3.63) is 0 Å². The van der Waals surface area contributed by atoms with Gasteiger partial charge in [-0.1, -0.05) is 63.4 Å². The second-order valence-electron chi connectivity index (χ2n) is 4.14. The highest BCUT2D eigenvalue weighted by atomic mass is 32.2. The fourth-order valence-electron chi connectivity index (χ4n) is 1.84. The van der Waals surface area contributed by atoms with Gasteiger partial charge < -0.3 is 0 Å². The summed E-state index contributed by atoms with van der Waals surface area (Å²) in [6, 6.07) is 1.21. The van der Waals surface area contributed by atoms with Gasteiger partial charge in [0.25, 0.3) is 0 Å². The molecule has 2 N–H and O–H groups in total. The van der Waals surface area contributed by atoms with Gasteiger partial charge in [-0.2, -0.15) is 0 Å². The molecule has 0 amide bonds. The molecule has 2 nitrogen and oxygen atoms in total. The Kier molecular flexibility index (Phi) is 12.6. The molecule has 0 bridgehead atoms. The van der Waals surface area contributed by atoms with E-state index in [-0.39, 0.29) is 0 Å². The first kappa shape index (κ1) is 16.6. The number of hydrogen-bond donors (Lipinski definition) is 2. The van der Waals surface area contributed by atoms with E-state index in [2.05, 4.69) is 35.8 Å². The van der Waals surface area contributed by atoms with E-state index >= 15 is 0 Å². The molecule has 0 saturated carbocycles. The second kappa shape index (κ2) is 12.1. The zero-order valence-corrected chi connectivity index (χ0v) is 12.8. The van der Waals surface area contributed by atoms with Gasteiger partial charge in [0.05, 0.1) is 0 Å². The van der Waals surface area contributed by atoms with Crippen molar-refractivity contribution in [2.24, 2.45) is 0 Å². The minimum Gasteiger partial charge on any atom is -0.260 e. The highest BCUT2D eigenvalue weighted by molar-refractivity contribution is 7.97. The van der Waals surface area contributed by atoms with Crippen LogP contribution in [0.5, 0.6) is 0 Å². The minimum atomic E-state index is 0.606. The second-order valence-corrected chi connectivity index (χ2v) is 5.43. The van der Waals surface area contributed by atoms with Crippen molar-refractivity contribution in [1.29, 1.82) is 0 Å². The van der Waals surface area contributed by atoms with E-state index in [4.69, 9.17) is 0 Å². The summed E-state index contributed by atoms with van der Waals surface area (Å²) in [5.41, 5.74) is 0. The highest BCUT2D eigenvalue weighted by Crippen LogP contribution is 2.14. The van der Waals surface area contributed by atoms with E-state index < -0.39 is 0 Å². The Morgan fingerprint density at radius 3 is 1.44 bits per heavy atom. The van der Waals surface area contributed by atoms with E-state index in [1.165, 1.54) is 38.5 Å². The van der Waals surface area contributed by atoms with Gasteiger partial charge in [-0.05, 0) is 25.4 Å². The quantitative estimate of drug-likeness (QED) is 0.554. The normalized spacial score (nSPS) is 15.0. The van der Waals surface area contributed by atoms with Crippen molar-refractivity contribution < 1.29 is 0 Å². The average Bonchev–Trinajstić information content (AvgIpc) is 2.30. The van der Waals surface area contributed by atoms with Crippen LogP contribution in [0.3, 0.4) is 0 Å². The zero-order valence-electron chi connectivity index (χ0n) is 11.2. The van der Waals surface area contributed by atoms with Crippen molar-refractivity contribution in [2.75, 3.05) is 12.5 Å². The lowest BCUT2D eigenvalue weighted by Gasteiger charge is -2.27. The van der Waals surface area contributed by atoms with Crippen LogP contribution in [0.4, 0.5) is 0 Å². The van der Waals surface area contributed by atoms with E-state index in [0.29, 0.717) is 12.1 Å². The molecule has 0 radical (unpaired) electrons. The van der Waals surface area contributed by atoms with Gasteiger partial charge in [0, 0.05) is 12.1 Å². The third kappa shape index (κ3) is 7.82. The molecule has 4 heteroatoms. The van der Waals surface area contributed by atoms with Gasteiger partial charge in [-0.25, -0.2) is 0 Å². The first-order chi connectivity index (χ1) is 7.79. The van der Waals surface area contributed by atoms with Crippen LogP contribution in [0, 0.1) is 0 Å². The Labute approximate surface area is 110 Å². The molecule has 0 heterocycles. The summed E-state index contributed by atoms with van der Waals surface area (Å²) in [7, 11) is 0. The van der Waals surface area contributed by atoms with Gasteiger partial charge in [0.2, 0.25) is 0 Å². The largest absolute Gasteiger partial charge is 0.260 e. The molecule has 2 unspecified atom stereocenters. The molecular formula is C12H28N2S2.